The summed E-state index contributed by atoms with van der Waals surface area (Å²) in [5.74, 6) is -1.39. The quantitative estimate of drug-likeness (QED) is 0.195. The summed E-state index contributed by atoms with van der Waals surface area (Å²) in [4.78, 5) is 63.3. The number of nitrogens with zero attached hydrogens (tertiary/aromatic N) is 1. The predicted octanol–water partition coefficient (Wildman–Crippen LogP) is 2.52. The van der Waals surface area contributed by atoms with E-state index in [9.17, 15) is 24.0 Å². The zero-order valence-electron chi connectivity index (χ0n) is 27.4. The van der Waals surface area contributed by atoms with Crippen LogP contribution in [0, 0.1) is 10.8 Å². The van der Waals surface area contributed by atoms with Gasteiger partial charge < -0.3 is 30.9 Å². The summed E-state index contributed by atoms with van der Waals surface area (Å²) >= 11 is 0. The topological polar surface area (TPSA) is 146 Å². The Morgan fingerprint density at radius 3 is 1.68 bits per heavy atom. The molecule has 0 aliphatic carbocycles. The Hall–Kier alpha value is -2.69. The summed E-state index contributed by atoms with van der Waals surface area (Å²) in [7, 11) is 0. The number of carbonyl (C=O) groups excluding carboxylic acids is 5. The first-order valence-electron chi connectivity index (χ1n) is 14.7. The predicted molar refractivity (Wildman–Crippen MR) is 161 cm³/mol. The molecule has 0 aromatic rings. The highest BCUT2D eigenvalue weighted by atomic mass is 16.5. The summed E-state index contributed by atoms with van der Waals surface area (Å²) in [5.41, 5.74) is -0.962. The van der Waals surface area contributed by atoms with E-state index in [1.807, 2.05) is 55.4 Å². The van der Waals surface area contributed by atoms with E-state index in [4.69, 9.17) is 4.74 Å². The van der Waals surface area contributed by atoms with Gasteiger partial charge in [-0.3, -0.25) is 24.0 Å². The first-order chi connectivity index (χ1) is 18.6. The second-order valence-electron chi connectivity index (χ2n) is 13.8. The molecule has 0 aromatic heterocycles. The van der Waals surface area contributed by atoms with E-state index in [2.05, 4.69) is 42.0 Å². The minimum atomic E-state index is -0.536. The van der Waals surface area contributed by atoms with Crippen molar-refractivity contribution in [3.8, 4) is 0 Å². The molecule has 0 atom stereocenters. The molecule has 0 spiro atoms. The molecule has 0 heterocycles. The molecule has 0 saturated heterocycles. The van der Waals surface area contributed by atoms with Gasteiger partial charge in [-0.25, -0.2) is 0 Å². The van der Waals surface area contributed by atoms with Crippen LogP contribution in [0.25, 0.3) is 0 Å². The van der Waals surface area contributed by atoms with Crippen LogP contribution in [0.4, 0.5) is 0 Å². The molecule has 0 bridgehead atoms. The molecular formula is C30H57N5O6. The third-order valence-corrected chi connectivity index (χ3v) is 6.00. The second-order valence-corrected chi connectivity index (χ2v) is 13.8. The van der Waals surface area contributed by atoms with Crippen LogP contribution < -0.4 is 21.3 Å². The molecule has 0 saturated carbocycles. The molecule has 0 rings (SSSR count). The number of amides is 5. The van der Waals surface area contributed by atoms with Gasteiger partial charge in [0.15, 0.2) is 0 Å². The highest BCUT2D eigenvalue weighted by Crippen LogP contribution is 2.33. The zero-order chi connectivity index (χ0) is 32.0. The van der Waals surface area contributed by atoms with Crippen LogP contribution in [-0.4, -0.2) is 84.9 Å². The van der Waals surface area contributed by atoms with E-state index < -0.39 is 16.9 Å². The van der Waals surface area contributed by atoms with Gasteiger partial charge >= 0.3 is 0 Å². The van der Waals surface area contributed by atoms with E-state index in [0.717, 1.165) is 6.42 Å². The lowest BCUT2D eigenvalue weighted by molar-refractivity contribution is -0.139. The second kappa shape index (κ2) is 17.3. The van der Waals surface area contributed by atoms with Crippen molar-refractivity contribution in [2.45, 2.75) is 120 Å². The maximum atomic E-state index is 12.8. The van der Waals surface area contributed by atoms with Crippen molar-refractivity contribution in [3.63, 3.8) is 0 Å². The molecule has 0 unspecified atom stereocenters. The van der Waals surface area contributed by atoms with Gasteiger partial charge in [0.2, 0.25) is 29.5 Å². The Labute approximate surface area is 247 Å². The number of ether oxygens (including phenoxy) is 1. The molecule has 41 heavy (non-hydrogen) atoms. The number of carbonyl (C=O) groups is 5. The Morgan fingerprint density at radius 2 is 1.22 bits per heavy atom. The standard InChI is InChI=1S/C30H57N5O6/c1-21(2)33-24(37)18-35(19-25(38)34-22(3)4)26(39)12-15-31-23(36)13-17-41-30(10,11)14-16-32-27(40)29(8,9)20-28(5,6)7/h21-22H,12-20H2,1-11H3,(H,31,36)(H,32,40)(H,33,37)(H,34,38). The van der Waals surface area contributed by atoms with Gasteiger partial charge in [-0.1, -0.05) is 34.6 Å². The summed E-state index contributed by atoms with van der Waals surface area (Å²) in [6.45, 7) is 21.6. The molecule has 4 N–H and O–H groups in total. The van der Waals surface area contributed by atoms with Crippen molar-refractivity contribution in [2.24, 2.45) is 10.8 Å². The molecule has 11 heteroatoms. The van der Waals surface area contributed by atoms with Crippen molar-refractivity contribution < 1.29 is 28.7 Å². The minimum absolute atomic E-state index is 0.0109. The lowest BCUT2D eigenvalue weighted by atomic mass is 9.75. The van der Waals surface area contributed by atoms with Gasteiger partial charge in [-0.2, -0.15) is 0 Å². The third-order valence-electron chi connectivity index (χ3n) is 6.00. The van der Waals surface area contributed by atoms with Gasteiger partial charge in [0.05, 0.1) is 12.2 Å². The Morgan fingerprint density at radius 1 is 0.707 bits per heavy atom. The zero-order valence-corrected chi connectivity index (χ0v) is 27.4. The fraction of sp³-hybridized carbons (Fsp3) is 0.833. The van der Waals surface area contributed by atoms with Crippen LogP contribution >= 0.6 is 0 Å². The Bertz CT molecular complexity index is 853. The number of rotatable bonds is 18. The number of hydrogen-bond donors (Lipinski definition) is 4. The molecule has 0 aliphatic rings. The average Bonchev–Trinajstić information content (AvgIpc) is 2.75. The summed E-state index contributed by atoms with van der Waals surface area (Å²) < 4.78 is 5.89. The fourth-order valence-electron chi connectivity index (χ4n) is 4.48. The molecule has 0 radical (unpaired) electrons. The molecule has 11 nitrogen and oxygen atoms in total. The molecular weight excluding hydrogens is 526 g/mol. The molecule has 0 fully saturated rings. The summed E-state index contributed by atoms with van der Waals surface area (Å²) in [5, 5.41) is 11.1. The molecule has 5 amide bonds. The van der Waals surface area contributed by atoms with Crippen LogP contribution in [0.5, 0.6) is 0 Å². The van der Waals surface area contributed by atoms with Crippen LogP contribution in [-0.2, 0) is 28.7 Å². The average molecular weight is 584 g/mol. The van der Waals surface area contributed by atoms with Crippen LogP contribution in [0.15, 0.2) is 0 Å². The summed E-state index contributed by atoms with van der Waals surface area (Å²) in [6, 6.07) is -0.195. The normalized spacial score (nSPS) is 12.2. The van der Waals surface area contributed by atoms with Crippen LogP contribution in [0.3, 0.4) is 0 Å². The van der Waals surface area contributed by atoms with E-state index in [1.54, 1.807) is 0 Å². The molecule has 0 aliphatic heterocycles. The molecule has 238 valence electrons. The van der Waals surface area contributed by atoms with Crippen molar-refractivity contribution in [2.75, 3.05) is 32.8 Å². The van der Waals surface area contributed by atoms with Crippen molar-refractivity contribution >= 4 is 29.5 Å². The highest BCUT2D eigenvalue weighted by molar-refractivity contribution is 5.89. The fourth-order valence-corrected chi connectivity index (χ4v) is 4.48. The van der Waals surface area contributed by atoms with E-state index in [1.165, 1.54) is 4.90 Å². The monoisotopic (exact) mass is 583 g/mol. The SMILES string of the molecule is CC(C)NC(=O)CN(CC(=O)NC(C)C)C(=O)CCNC(=O)CCOC(C)(C)CCNC(=O)C(C)(C)CC(C)(C)C. The van der Waals surface area contributed by atoms with Gasteiger partial charge in [0, 0.05) is 43.4 Å². The first kappa shape index (κ1) is 38.3. The van der Waals surface area contributed by atoms with E-state index in [-0.39, 0.29) is 80.2 Å². The van der Waals surface area contributed by atoms with Crippen LogP contribution in [0.2, 0.25) is 0 Å². The van der Waals surface area contributed by atoms with E-state index >= 15 is 0 Å². The van der Waals surface area contributed by atoms with Gasteiger partial charge in [0.1, 0.15) is 13.1 Å². The van der Waals surface area contributed by atoms with E-state index in [0.29, 0.717) is 13.0 Å². The van der Waals surface area contributed by atoms with Gasteiger partial charge in [-0.15, -0.1) is 0 Å². The van der Waals surface area contributed by atoms with Gasteiger partial charge in [0.25, 0.3) is 0 Å². The Balaban J connectivity index is 4.58. The van der Waals surface area contributed by atoms with Crippen molar-refractivity contribution in [1.29, 1.82) is 0 Å². The smallest absolute Gasteiger partial charge is 0.239 e. The first-order valence-corrected chi connectivity index (χ1v) is 14.7. The van der Waals surface area contributed by atoms with Crippen LogP contribution in [0.1, 0.15) is 102 Å². The highest BCUT2D eigenvalue weighted by Gasteiger charge is 2.32. The number of nitrogens with one attached hydrogen (secondary N) is 4. The largest absolute Gasteiger partial charge is 0.375 e. The lowest BCUT2D eigenvalue weighted by Gasteiger charge is -2.32. The maximum Gasteiger partial charge on any atom is 0.239 e. The minimum Gasteiger partial charge on any atom is -0.375 e. The number of hydrogen-bond acceptors (Lipinski definition) is 6. The van der Waals surface area contributed by atoms with Crippen molar-refractivity contribution in [1.82, 2.24) is 26.2 Å². The maximum absolute atomic E-state index is 12.8. The Kier molecular flexibility index (Phi) is 16.2. The third kappa shape index (κ3) is 19.1. The molecule has 0 aromatic carbocycles. The lowest BCUT2D eigenvalue weighted by Crippen LogP contribution is -2.48. The van der Waals surface area contributed by atoms with Crippen molar-refractivity contribution in [3.05, 3.63) is 0 Å². The summed E-state index contributed by atoms with van der Waals surface area (Å²) in [6.07, 6.45) is 1.42. The van der Waals surface area contributed by atoms with Gasteiger partial charge in [-0.05, 0) is 59.8 Å².